The van der Waals surface area contributed by atoms with Crippen molar-refractivity contribution in [2.24, 2.45) is 5.92 Å². The molecule has 1 N–H and O–H groups in total. The van der Waals surface area contributed by atoms with E-state index < -0.39 is 11.6 Å². The number of halogens is 2. The van der Waals surface area contributed by atoms with Crippen LogP contribution in [0.2, 0.25) is 0 Å². The van der Waals surface area contributed by atoms with Crippen molar-refractivity contribution in [2.45, 2.75) is 19.3 Å². The molecule has 3 nitrogen and oxygen atoms in total. The number of pyridine rings is 1. The highest BCUT2D eigenvalue weighted by Gasteiger charge is 2.22. The topological polar surface area (TPSA) is 36.4 Å². The molecule has 0 aliphatic carbocycles. The monoisotopic (exact) mass is 242 g/mol. The third kappa shape index (κ3) is 2.91. The van der Waals surface area contributed by atoms with Crippen molar-refractivity contribution < 1.29 is 13.9 Å². The number of aliphatic hydroxyl groups excluding tert-OH is 1. The lowest BCUT2D eigenvalue weighted by Crippen LogP contribution is -2.36. The predicted octanol–water partition coefficient (Wildman–Crippen LogP) is 1.96. The maximum atomic E-state index is 13.6. The van der Waals surface area contributed by atoms with E-state index in [4.69, 9.17) is 5.11 Å². The maximum Gasteiger partial charge on any atom is 0.168 e. The average Bonchev–Trinajstić information content (AvgIpc) is 2.29. The summed E-state index contributed by atoms with van der Waals surface area (Å²) >= 11 is 0. The summed E-state index contributed by atoms with van der Waals surface area (Å²) in [6, 6.07) is 0.859. The first-order chi connectivity index (χ1) is 8.20. The molecule has 1 aromatic heterocycles. The van der Waals surface area contributed by atoms with Gasteiger partial charge in [-0.25, -0.2) is 13.8 Å². The SMILES string of the molecule is OCCC1CCCN(c2ncc(F)cc2F)C1. The Labute approximate surface area is 99.1 Å². The summed E-state index contributed by atoms with van der Waals surface area (Å²) in [5, 5.41) is 8.91. The lowest BCUT2D eigenvalue weighted by molar-refractivity contribution is 0.244. The predicted molar refractivity (Wildman–Crippen MR) is 60.8 cm³/mol. The van der Waals surface area contributed by atoms with Crippen LogP contribution in [0, 0.1) is 17.6 Å². The molecule has 2 rings (SSSR count). The van der Waals surface area contributed by atoms with E-state index in [1.54, 1.807) is 0 Å². The molecule has 0 saturated carbocycles. The molecule has 5 heteroatoms. The Bertz CT molecular complexity index is 385. The molecule has 1 aliphatic heterocycles. The van der Waals surface area contributed by atoms with Crippen molar-refractivity contribution in [3.8, 4) is 0 Å². The largest absolute Gasteiger partial charge is 0.396 e. The molecule has 1 fully saturated rings. The Morgan fingerprint density at radius 1 is 1.47 bits per heavy atom. The van der Waals surface area contributed by atoms with Gasteiger partial charge in [0.15, 0.2) is 11.6 Å². The van der Waals surface area contributed by atoms with Crippen molar-refractivity contribution >= 4 is 5.82 Å². The fraction of sp³-hybridized carbons (Fsp3) is 0.583. The van der Waals surface area contributed by atoms with Crippen molar-refractivity contribution in [3.63, 3.8) is 0 Å². The highest BCUT2D eigenvalue weighted by atomic mass is 19.1. The van der Waals surface area contributed by atoms with Gasteiger partial charge < -0.3 is 10.0 Å². The van der Waals surface area contributed by atoms with Gasteiger partial charge in [0, 0.05) is 25.8 Å². The normalized spacial score (nSPS) is 20.6. The fourth-order valence-electron chi connectivity index (χ4n) is 2.32. The first-order valence-electron chi connectivity index (χ1n) is 5.87. The van der Waals surface area contributed by atoms with Gasteiger partial charge in [-0.2, -0.15) is 0 Å². The Kier molecular flexibility index (Phi) is 3.89. The molecule has 0 bridgehead atoms. The van der Waals surface area contributed by atoms with Crippen molar-refractivity contribution in [1.82, 2.24) is 4.98 Å². The minimum Gasteiger partial charge on any atom is -0.396 e. The van der Waals surface area contributed by atoms with Gasteiger partial charge in [-0.15, -0.1) is 0 Å². The van der Waals surface area contributed by atoms with E-state index in [9.17, 15) is 8.78 Å². The van der Waals surface area contributed by atoms with E-state index in [1.807, 2.05) is 4.90 Å². The van der Waals surface area contributed by atoms with E-state index >= 15 is 0 Å². The lowest BCUT2D eigenvalue weighted by atomic mass is 9.95. The number of hydrogen-bond acceptors (Lipinski definition) is 3. The van der Waals surface area contributed by atoms with Crippen molar-refractivity contribution in [2.75, 3.05) is 24.6 Å². The lowest BCUT2D eigenvalue weighted by Gasteiger charge is -2.33. The Balaban J connectivity index is 2.10. The molecule has 0 aromatic carbocycles. The highest BCUT2D eigenvalue weighted by molar-refractivity contribution is 5.40. The van der Waals surface area contributed by atoms with E-state index in [-0.39, 0.29) is 12.4 Å². The van der Waals surface area contributed by atoms with Crippen LogP contribution in [0.15, 0.2) is 12.3 Å². The molecule has 0 amide bonds. The molecule has 1 aromatic rings. The summed E-state index contributed by atoms with van der Waals surface area (Å²) < 4.78 is 26.3. The zero-order valence-electron chi connectivity index (χ0n) is 9.57. The van der Waals surface area contributed by atoms with Crippen LogP contribution in [0.3, 0.4) is 0 Å². The Morgan fingerprint density at radius 2 is 2.29 bits per heavy atom. The van der Waals surface area contributed by atoms with E-state index in [0.717, 1.165) is 38.1 Å². The Hall–Kier alpha value is -1.23. The summed E-state index contributed by atoms with van der Waals surface area (Å²) in [7, 11) is 0. The Morgan fingerprint density at radius 3 is 3.00 bits per heavy atom. The quantitative estimate of drug-likeness (QED) is 0.880. The van der Waals surface area contributed by atoms with Crippen LogP contribution in [0.1, 0.15) is 19.3 Å². The molecule has 94 valence electrons. The summed E-state index contributed by atoms with van der Waals surface area (Å²) in [6.45, 7) is 1.56. The van der Waals surface area contributed by atoms with Gasteiger partial charge in [-0.3, -0.25) is 0 Å². The second-order valence-corrected chi connectivity index (χ2v) is 4.43. The van der Waals surface area contributed by atoms with Crippen molar-refractivity contribution in [1.29, 1.82) is 0 Å². The molecule has 1 saturated heterocycles. The van der Waals surface area contributed by atoms with Crippen molar-refractivity contribution in [3.05, 3.63) is 23.9 Å². The minimum atomic E-state index is -0.657. The molecule has 0 spiro atoms. The number of anilines is 1. The molecule has 0 radical (unpaired) electrons. The molecule has 17 heavy (non-hydrogen) atoms. The first kappa shape index (κ1) is 12.2. The van der Waals surface area contributed by atoms with Gasteiger partial charge >= 0.3 is 0 Å². The summed E-state index contributed by atoms with van der Waals surface area (Å²) in [6.07, 6.45) is 3.75. The highest BCUT2D eigenvalue weighted by Crippen LogP contribution is 2.25. The summed E-state index contributed by atoms with van der Waals surface area (Å²) in [4.78, 5) is 5.64. The zero-order chi connectivity index (χ0) is 12.3. The minimum absolute atomic E-state index is 0.151. The molecule has 1 atom stereocenters. The van der Waals surface area contributed by atoms with Gasteiger partial charge in [0.25, 0.3) is 0 Å². The molecule has 2 heterocycles. The standard InChI is InChI=1S/C12H16F2N2O/c13-10-6-11(14)12(15-7-10)16-4-1-2-9(8-16)3-5-17/h6-7,9,17H,1-5,8H2. The van der Waals surface area contributed by atoms with Gasteiger partial charge in [0.2, 0.25) is 0 Å². The number of piperidine rings is 1. The third-order valence-electron chi connectivity index (χ3n) is 3.14. The average molecular weight is 242 g/mol. The smallest absolute Gasteiger partial charge is 0.168 e. The summed E-state index contributed by atoms with van der Waals surface area (Å²) in [5.41, 5.74) is 0. The van der Waals surface area contributed by atoms with Crippen LogP contribution in [0.5, 0.6) is 0 Å². The maximum absolute atomic E-state index is 13.6. The van der Waals surface area contributed by atoms with Crippen LogP contribution < -0.4 is 4.90 Å². The number of aliphatic hydroxyl groups is 1. The fourth-order valence-corrected chi connectivity index (χ4v) is 2.32. The van der Waals surface area contributed by atoms with E-state index in [2.05, 4.69) is 4.98 Å². The van der Waals surface area contributed by atoms with Crippen LogP contribution in [0.25, 0.3) is 0 Å². The van der Waals surface area contributed by atoms with Crippen LogP contribution in [-0.4, -0.2) is 29.8 Å². The third-order valence-corrected chi connectivity index (χ3v) is 3.14. The van der Waals surface area contributed by atoms with E-state index in [1.165, 1.54) is 0 Å². The number of hydrogen-bond donors (Lipinski definition) is 1. The second kappa shape index (κ2) is 5.40. The number of rotatable bonds is 3. The molecule has 1 unspecified atom stereocenters. The van der Waals surface area contributed by atoms with Crippen LogP contribution in [-0.2, 0) is 0 Å². The van der Waals surface area contributed by atoms with Gasteiger partial charge in [-0.1, -0.05) is 0 Å². The zero-order valence-corrected chi connectivity index (χ0v) is 9.57. The van der Waals surface area contributed by atoms with Gasteiger partial charge in [-0.05, 0) is 25.2 Å². The number of nitrogens with zero attached hydrogens (tertiary/aromatic N) is 2. The molecular formula is C12H16F2N2O. The number of aromatic nitrogens is 1. The van der Waals surface area contributed by atoms with Crippen LogP contribution in [0.4, 0.5) is 14.6 Å². The molecule has 1 aliphatic rings. The second-order valence-electron chi connectivity index (χ2n) is 4.43. The van der Waals surface area contributed by atoms with E-state index in [0.29, 0.717) is 12.5 Å². The first-order valence-corrected chi connectivity index (χ1v) is 5.87. The van der Waals surface area contributed by atoms with Gasteiger partial charge in [0.1, 0.15) is 5.82 Å². The molecular weight excluding hydrogens is 226 g/mol. The van der Waals surface area contributed by atoms with Crippen LogP contribution >= 0.6 is 0 Å². The summed E-state index contributed by atoms with van der Waals surface area (Å²) in [5.74, 6) is -0.696. The van der Waals surface area contributed by atoms with Gasteiger partial charge in [0.05, 0.1) is 6.20 Å².